The van der Waals surface area contributed by atoms with Crippen molar-refractivity contribution in [3.05, 3.63) is 71.9 Å². The van der Waals surface area contributed by atoms with E-state index in [1.165, 1.54) is 18.4 Å². The highest BCUT2D eigenvalue weighted by Gasteiger charge is 2.09. The Morgan fingerprint density at radius 3 is 2.42 bits per heavy atom. The molecule has 0 saturated carbocycles. The van der Waals surface area contributed by atoms with Crippen LogP contribution < -0.4 is 16.0 Å². The van der Waals surface area contributed by atoms with Crippen molar-refractivity contribution >= 4 is 17.6 Å². The van der Waals surface area contributed by atoms with Crippen LogP contribution in [0.25, 0.3) is 11.5 Å². The minimum atomic E-state index is -0.362. The fourth-order valence-corrected chi connectivity index (χ4v) is 2.73. The van der Waals surface area contributed by atoms with Crippen molar-refractivity contribution < 1.29 is 18.4 Å². The lowest BCUT2D eigenvalue weighted by molar-refractivity contribution is 0.0949. The van der Waals surface area contributed by atoms with Gasteiger partial charge in [-0.25, -0.2) is 14.2 Å². The van der Waals surface area contributed by atoms with Crippen molar-refractivity contribution in [2.45, 2.75) is 20.3 Å². The van der Waals surface area contributed by atoms with Crippen LogP contribution in [0.5, 0.6) is 0 Å². The molecule has 0 saturated heterocycles. The third kappa shape index (κ3) is 6.67. The topological polar surface area (TPSA) is 96.3 Å². The van der Waals surface area contributed by atoms with Crippen molar-refractivity contribution in [1.82, 2.24) is 15.6 Å². The van der Waals surface area contributed by atoms with Gasteiger partial charge in [0, 0.05) is 36.3 Å². The second-order valence-electron chi connectivity index (χ2n) is 7.46. The molecule has 2 aromatic carbocycles. The number of hydrogen-bond acceptors (Lipinski definition) is 4. The van der Waals surface area contributed by atoms with Crippen LogP contribution in [0.3, 0.4) is 0 Å². The number of halogens is 1. The van der Waals surface area contributed by atoms with Gasteiger partial charge in [-0.1, -0.05) is 13.8 Å². The van der Waals surface area contributed by atoms with Gasteiger partial charge in [0.2, 0.25) is 5.89 Å². The van der Waals surface area contributed by atoms with Crippen LogP contribution in [0, 0.1) is 11.7 Å². The molecule has 1 heterocycles. The average Bonchev–Trinajstić information content (AvgIpc) is 3.22. The third-order valence-corrected chi connectivity index (χ3v) is 4.39. The first-order valence-corrected chi connectivity index (χ1v) is 10.0. The number of hydrogen-bond donors (Lipinski definition) is 3. The SMILES string of the molecule is CC(C)CNC(=O)c1ccc(NC(=O)NCCc2coc(-c3ccc(F)cc3)n2)cc1. The van der Waals surface area contributed by atoms with Crippen LogP contribution in [0.1, 0.15) is 29.9 Å². The number of benzene rings is 2. The normalized spacial score (nSPS) is 10.7. The van der Waals surface area contributed by atoms with Gasteiger partial charge in [0.1, 0.15) is 12.1 Å². The number of carbonyl (C=O) groups is 2. The summed E-state index contributed by atoms with van der Waals surface area (Å²) in [7, 11) is 0. The van der Waals surface area contributed by atoms with Crippen LogP contribution in [-0.4, -0.2) is 30.0 Å². The molecule has 0 unspecified atom stereocenters. The highest BCUT2D eigenvalue weighted by Crippen LogP contribution is 2.19. The van der Waals surface area contributed by atoms with Crippen LogP contribution in [-0.2, 0) is 6.42 Å². The van der Waals surface area contributed by atoms with Gasteiger partial charge >= 0.3 is 6.03 Å². The number of amides is 3. The molecule has 0 radical (unpaired) electrons. The van der Waals surface area contributed by atoms with Gasteiger partial charge in [0.05, 0.1) is 5.69 Å². The molecule has 31 heavy (non-hydrogen) atoms. The molecule has 3 aromatic rings. The van der Waals surface area contributed by atoms with Crippen molar-refractivity contribution in [3.8, 4) is 11.5 Å². The zero-order chi connectivity index (χ0) is 22.2. The molecule has 0 aliphatic rings. The Bertz CT molecular complexity index is 1010. The van der Waals surface area contributed by atoms with Gasteiger partial charge in [-0.15, -0.1) is 0 Å². The molecular weight excluding hydrogens is 399 g/mol. The van der Waals surface area contributed by atoms with Crippen LogP contribution >= 0.6 is 0 Å². The second-order valence-corrected chi connectivity index (χ2v) is 7.46. The summed E-state index contributed by atoms with van der Waals surface area (Å²) in [6.45, 7) is 5.02. The lowest BCUT2D eigenvalue weighted by atomic mass is 10.1. The molecular formula is C23H25FN4O3. The number of oxazole rings is 1. The summed E-state index contributed by atoms with van der Waals surface area (Å²) in [5, 5.41) is 8.31. The van der Waals surface area contributed by atoms with Gasteiger partial charge in [-0.2, -0.15) is 0 Å². The number of nitrogens with zero attached hydrogens (tertiary/aromatic N) is 1. The summed E-state index contributed by atoms with van der Waals surface area (Å²) in [5.74, 6) is 0.310. The zero-order valence-electron chi connectivity index (χ0n) is 17.4. The molecule has 0 atom stereocenters. The van der Waals surface area contributed by atoms with E-state index >= 15 is 0 Å². The molecule has 0 aliphatic carbocycles. The quantitative estimate of drug-likeness (QED) is 0.504. The monoisotopic (exact) mass is 424 g/mol. The fourth-order valence-electron chi connectivity index (χ4n) is 2.73. The van der Waals surface area contributed by atoms with E-state index in [0.717, 1.165) is 0 Å². The first-order valence-electron chi connectivity index (χ1n) is 10.0. The first-order chi connectivity index (χ1) is 14.9. The number of urea groups is 1. The molecule has 7 nitrogen and oxygen atoms in total. The second kappa shape index (κ2) is 10.4. The summed E-state index contributed by atoms with van der Waals surface area (Å²) < 4.78 is 18.4. The Labute approximate surface area is 180 Å². The maximum atomic E-state index is 13.0. The van der Waals surface area contributed by atoms with E-state index < -0.39 is 0 Å². The van der Waals surface area contributed by atoms with Crippen LogP contribution in [0.4, 0.5) is 14.9 Å². The lowest BCUT2D eigenvalue weighted by Gasteiger charge is -2.09. The van der Waals surface area contributed by atoms with Gasteiger partial charge in [0.25, 0.3) is 5.91 Å². The van der Waals surface area contributed by atoms with E-state index in [-0.39, 0.29) is 17.8 Å². The van der Waals surface area contributed by atoms with E-state index in [1.54, 1.807) is 36.4 Å². The number of nitrogens with one attached hydrogen (secondary N) is 3. The zero-order valence-corrected chi connectivity index (χ0v) is 17.4. The molecule has 0 bridgehead atoms. The Balaban J connectivity index is 1.43. The molecule has 0 spiro atoms. The molecule has 3 N–H and O–H groups in total. The maximum Gasteiger partial charge on any atom is 0.319 e. The summed E-state index contributed by atoms with van der Waals surface area (Å²) in [4.78, 5) is 28.4. The summed E-state index contributed by atoms with van der Waals surface area (Å²) in [6, 6.07) is 12.2. The summed E-state index contributed by atoms with van der Waals surface area (Å²) in [5.41, 5.74) is 2.48. The van der Waals surface area contributed by atoms with Gasteiger partial charge in [0.15, 0.2) is 0 Å². The van der Waals surface area contributed by atoms with E-state index in [9.17, 15) is 14.0 Å². The Morgan fingerprint density at radius 1 is 1.03 bits per heavy atom. The molecule has 3 amide bonds. The summed E-state index contributed by atoms with van der Waals surface area (Å²) >= 11 is 0. The number of aromatic nitrogens is 1. The largest absolute Gasteiger partial charge is 0.444 e. The van der Waals surface area contributed by atoms with Crippen LogP contribution in [0.2, 0.25) is 0 Å². The predicted molar refractivity (Wildman–Crippen MR) is 116 cm³/mol. The molecule has 1 aromatic heterocycles. The van der Waals surface area contributed by atoms with Crippen LogP contribution in [0.15, 0.2) is 59.2 Å². The van der Waals surface area contributed by atoms with Crippen molar-refractivity contribution in [3.63, 3.8) is 0 Å². The van der Waals surface area contributed by atoms with E-state index in [4.69, 9.17) is 4.42 Å². The Hall–Kier alpha value is -3.68. The first kappa shape index (κ1) is 22.0. The molecule has 162 valence electrons. The van der Waals surface area contributed by atoms with Gasteiger partial charge < -0.3 is 20.4 Å². The summed E-state index contributed by atoms with van der Waals surface area (Å²) in [6.07, 6.45) is 1.99. The van der Waals surface area contributed by atoms with E-state index in [0.29, 0.717) is 53.8 Å². The minimum absolute atomic E-state index is 0.141. The lowest BCUT2D eigenvalue weighted by Crippen LogP contribution is -2.30. The maximum absolute atomic E-state index is 13.0. The Morgan fingerprint density at radius 2 is 1.74 bits per heavy atom. The predicted octanol–water partition coefficient (Wildman–Crippen LogP) is 4.23. The third-order valence-electron chi connectivity index (χ3n) is 4.39. The van der Waals surface area contributed by atoms with Crippen molar-refractivity contribution in [2.24, 2.45) is 5.92 Å². The number of anilines is 1. The molecule has 8 heteroatoms. The van der Waals surface area contributed by atoms with E-state index in [2.05, 4.69) is 20.9 Å². The number of carbonyl (C=O) groups excluding carboxylic acids is 2. The molecule has 0 aliphatic heterocycles. The van der Waals surface area contributed by atoms with Crippen molar-refractivity contribution in [2.75, 3.05) is 18.4 Å². The highest BCUT2D eigenvalue weighted by atomic mass is 19.1. The van der Waals surface area contributed by atoms with Crippen molar-refractivity contribution in [1.29, 1.82) is 0 Å². The van der Waals surface area contributed by atoms with Gasteiger partial charge in [-0.3, -0.25) is 4.79 Å². The molecule has 3 rings (SSSR count). The van der Waals surface area contributed by atoms with E-state index in [1.807, 2.05) is 13.8 Å². The fraction of sp³-hybridized carbons (Fsp3) is 0.261. The molecule has 0 fully saturated rings. The number of rotatable bonds is 8. The van der Waals surface area contributed by atoms with Gasteiger partial charge in [-0.05, 0) is 54.4 Å². The standard InChI is InChI=1S/C23H25FN4O3/c1-15(2)13-26-21(29)16-5-9-19(10-6-16)28-23(30)25-12-11-20-14-31-22(27-20)17-3-7-18(24)8-4-17/h3-10,14-15H,11-13H2,1-2H3,(H,26,29)(H2,25,28,30). The highest BCUT2D eigenvalue weighted by molar-refractivity contribution is 5.95. The Kier molecular flexibility index (Phi) is 7.37. The minimum Gasteiger partial charge on any atom is -0.444 e. The average molecular weight is 424 g/mol. The smallest absolute Gasteiger partial charge is 0.319 e.